The predicted octanol–water partition coefficient (Wildman–Crippen LogP) is 5.52. The molecule has 0 atom stereocenters. The van der Waals surface area contributed by atoms with Gasteiger partial charge in [-0.05, 0) is 36.8 Å². The molecule has 0 aliphatic heterocycles. The molecule has 42 heavy (non-hydrogen) atoms. The molecule has 1 N–H and O–H groups in total. The van der Waals surface area contributed by atoms with Gasteiger partial charge in [0.05, 0.1) is 19.4 Å². The maximum Gasteiger partial charge on any atom is 0.341 e. The smallest absolute Gasteiger partial charge is 0.341 e. The molecule has 0 saturated carbocycles. The van der Waals surface area contributed by atoms with Crippen LogP contribution in [0.1, 0.15) is 23.0 Å². The average molecular weight is 581 g/mol. The highest BCUT2D eigenvalue weighted by Gasteiger charge is 2.26. The normalized spacial score (nSPS) is 10.7. The lowest BCUT2D eigenvalue weighted by molar-refractivity contribution is -0.116. The first-order valence-corrected chi connectivity index (χ1v) is 14.2. The largest absolute Gasteiger partial charge is 0.497 e. The fraction of sp³-hybridized carbons (Fsp3) is 0.161. The summed E-state index contributed by atoms with van der Waals surface area (Å²) in [6.07, 6.45) is 1.69. The fourth-order valence-corrected chi connectivity index (χ4v) is 5.09. The summed E-state index contributed by atoms with van der Waals surface area (Å²) in [4.78, 5) is 25.9. The second kappa shape index (κ2) is 13.6. The van der Waals surface area contributed by atoms with Crippen LogP contribution in [0.3, 0.4) is 0 Å². The predicted molar refractivity (Wildman–Crippen MR) is 160 cm³/mol. The van der Waals surface area contributed by atoms with E-state index in [0.29, 0.717) is 44.7 Å². The SMILES string of the molecule is CCOC(=O)c1c(SCc2cn(CC(=O)Nc3ccc(OC)cc3)nn2)nnc(-c2ccccc2)c1-c1ccccc1. The van der Waals surface area contributed by atoms with Gasteiger partial charge in [-0.2, -0.15) is 0 Å². The molecule has 0 saturated heterocycles. The maximum absolute atomic E-state index is 13.4. The molecule has 0 bridgehead atoms. The van der Waals surface area contributed by atoms with E-state index in [1.807, 2.05) is 60.7 Å². The number of hydrogen-bond acceptors (Lipinski definition) is 9. The van der Waals surface area contributed by atoms with Crippen LogP contribution in [0.15, 0.2) is 96.2 Å². The van der Waals surface area contributed by atoms with Gasteiger partial charge in [0.2, 0.25) is 5.91 Å². The summed E-state index contributed by atoms with van der Waals surface area (Å²) in [5.74, 6) is 0.321. The highest BCUT2D eigenvalue weighted by Crippen LogP contribution is 2.38. The zero-order valence-electron chi connectivity index (χ0n) is 23.1. The summed E-state index contributed by atoms with van der Waals surface area (Å²) in [5, 5.41) is 20.5. The number of rotatable bonds is 11. The second-order valence-electron chi connectivity index (χ2n) is 9.03. The number of amides is 1. The fourth-order valence-electron chi connectivity index (χ4n) is 4.24. The van der Waals surface area contributed by atoms with Gasteiger partial charge in [-0.25, -0.2) is 9.48 Å². The molecule has 0 aliphatic rings. The number of carbonyl (C=O) groups excluding carboxylic acids is 2. The van der Waals surface area contributed by atoms with Crippen molar-refractivity contribution in [3.05, 3.63) is 102 Å². The molecule has 0 fully saturated rings. The van der Waals surface area contributed by atoms with E-state index in [9.17, 15) is 9.59 Å². The Bertz CT molecular complexity index is 1660. The minimum Gasteiger partial charge on any atom is -0.497 e. The Hall–Kier alpha value is -5.03. The lowest BCUT2D eigenvalue weighted by Crippen LogP contribution is -2.19. The summed E-state index contributed by atoms with van der Waals surface area (Å²) in [6.45, 7) is 1.97. The maximum atomic E-state index is 13.4. The Labute approximate surface area is 247 Å². The molecule has 212 valence electrons. The molecule has 2 aromatic heterocycles. The van der Waals surface area contributed by atoms with Crippen LogP contribution >= 0.6 is 11.8 Å². The number of hydrogen-bond donors (Lipinski definition) is 1. The van der Waals surface area contributed by atoms with Crippen LogP contribution in [0.4, 0.5) is 5.69 Å². The van der Waals surface area contributed by atoms with Gasteiger partial charge < -0.3 is 14.8 Å². The van der Waals surface area contributed by atoms with Crippen molar-refractivity contribution in [3.63, 3.8) is 0 Å². The number of anilines is 1. The highest BCUT2D eigenvalue weighted by molar-refractivity contribution is 7.98. The number of esters is 1. The molecule has 5 rings (SSSR count). The monoisotopic (exact) mass is 580 g/mol. The second-order valence-corrected chi connectivity index (χ2v) is 9.99. The quantitative estimate of drug-likeness (QED) is 0.159. The van der Waals surface area contributed by atoms with E-state index in [1.54, 1.807) is 44.5 Å². The number of benzene rings is 3. The minimum atomic E-state index is -0.482. The van der Waals surface area contributed by atoms with Gasteiger partial charge in [0.15, 0.2) is 0 Å². The van der Waals surface area contributed by atoms with Crippen LogP contribution in [0.2, 0.25) is 0 Å². The first kappa shape index (κ1) is 28.5. The molecule has 11 heteroatoms. The molecule has 1 amide bonds. The zero-order chi connectivity index (χ0) is 29.3. The Morgan fingerprint density at radius 1 is 0.881 bits per heavy atom. The van der Waals surface area contributed by atoms with E-state index in [4.69, 9.17) is 9.47 Å². The van der Waals surface area contributed by atoms with E-state index in [0.717, 1.165) is 11.1 Å². The minimum absolute atomic E-state index is 0.0124. The Morgan fingerprint density at radius 3 is 2.24 bits per heavy atom. The van der Waals surface area contributed by atoms with Crippen LogP contribution in [0.5, 0.6) is 5.75 Å². The van der Waals surface area contributed by atoms with Crippen molar-refractivity contribution in [2.75, 3.05) is 19.0 Å². The number of nitrogens with zero attached hydrogens (tertiary/aromatic N) is 5. The third kappa shape index (κ3) is 6.81. The number of nitrogens with one attached hydrogen (secondary N) is 1. The molecular formula is C31H28N6O4S. The van der Waals surface area contributed by atoms with E-state index in [2.05, 4.69) is 25.8 Å². The van der Waals surface area contributed by atoms with E-state index < -0.39 is 5.97 Å². The summed E-state index contributed by atoms with van der Waals surface area (Å²) in [5.41, 5.74) is 4.50. The molecule has 10 nitrogen and oxygen atoms in total. The summed E-state index contributed by atoms with van der Waals surface area (Å²) < 4.78 is 12.1. The number of methoxy groups -OCH3 is 1. The van der Waals surface area contributed by atoms with Crippen molar-refractivity contribution in [3.8, 4) is 28.1 Å². The molecule has 0 aliphatic carbocycles. The first-order chi connectivity index (χ1) is 20.6. The molecule has 0 spiro atoms. The van der Waals surface area contributed by atoms with Gasteiger partial charge in [0.1, 0.15) is 28.6 Å². The van der Waals surface area contributed by atoms with Gasteiger partial charge >= 0.3 is 5.97 Å². The number of ether oxygens (including phenoxy) is 2. The molecule has 5 aromatic rings. The van der Waals surface area contributed by atoms with E-state index >= 15 is 0 Å². The van der Waals surface area contributed by atoms with Crippen molar-refractivity contribution >= 4 is 29.3 Å². The highest BCUT2D eigenvalue weighted by atomic mass is 32.2. The van der Waals surface area contributed by atoms with Crippen molar-refractivity contribution < 1.29 is 19.1 Å². The van der Waals surface area contributed by atoms with Gasteiger partial charge in [-0.3, -0.25) is 4.79 Å². The third-order valence-corrected chi connectivity index (χ3v) is 7.15. The third-order valence-electron chi connectivity index (χ3n) is 6.15. The standard InChI is InChI=1S/C31H28N6O4S/c1-3-41-31(39)28-27(21-10-6-4-7-11-21)29(22-12-8-5-9-13-22)34-35-30(28)42-20-24-18-37(36-33-24)19-26(38)32-23-14-16-25(40-2)17-15-23/h4-18H,3,19-20H2,1-2H3,(H,32,38). The van der Waals surface area contributed by atoms with E-state index in [-0.39, 0.29) is 19.1 Å². The molecule has 0 unspecified atom stereocenters. The molecule has 0 radical (unpaired) electrons. The van der Waals surface area contributed by atoms with Crippen LogP contribution in [-0.4, -0.2) is 50.8 Å². The van der Waals surface area contributed by atoms with Gasteiger partial charge in [0.25, 0.3) is 0 Å². The van der Waals surface area contributed by atoms with Crippen LogP contribution in [0.25, 0.3) is 22.4 Å². The van der Waals surface area contributed by atoms with Crippen LogP contribution < -0.4 is 10.1 Å². The molecular weight excluding hydrogens is 552 g/mol. The summed E-state index contributed by atoms with van der Waals surface area (Å²) in [7, 11) is 1.58. The van der Waals surface area contributed by atoms with Crippen molar-refractivity contribution in [1.82, 2.24) is 25.2 Å². The zero-order valence-corrected chi connectivity index (χ0v) is 23.9. The van der Waals surface area contributed by atoms with E-state index in [1.165, 1.54) is 16.4 Å². The van der Waals surface area contributed by atoms with Crippen molar-refractivity contribution in [1.29, 1.82) is 0 Å². The first-order valence-electron chi connectivity index (χ1n) is 13.2. The van der Waals surface area contributed by atoms with Crippen molar-refractivity contribution in [2.45, 2.75) is 24.2 Å². The van der Waals surface area contributed by atoms with Crippen LogP contribution in [0, 0.1) is 0 Å². The van der Waals surface area contributed by atoms with Crippen LogP contribution in [-0.2, 0) is 21.8 Å². The Morgan fingerprint density at radius 2 is 1.57 bits per heavy atom. The van der Waals surface area contributed by atoms with Gasteiger partial charge in [-0.15, -0.1) is 15.3 Å². The average Bonchev–Trinajstić information content (AvgIpc) is 3.47. The topological polar surface area (TPSA) is 121 Å². The molecule has 2 heterocycles. The van der Waals surface area contributed by atoms with Gasteiger partial charge in [0, 0.05) is 28.8 Å². The number of aromatic nitrogens is 5. The lowest BCUT2D eigenvalue weighted by Gasteiger charge is -2.16. The Balaban J connectivity index is 1.38. The Kier molecular flexibility index (Phi) is 9.20. The summed E-state index contributed by atoms with van der Waals surface area (Å²) >= 11 is 1.30. The summed E-state index contributed by atoms with van der Waals surface area (Å²) in [6, 6.07) is 26.3. The number of thioether (sulfide) groups is 1. The van der Waals surface area contributed by atoms with Crippen molar-refractivity contribution in [2.24, 2.45) is 0 Å². The number of carbonyl (C=O) groups is 2. The van der Waals surface area contributed by atoms with Gasteiger partial charge in [-0.1, -0.05) is 77.6 Å². The molecule has 3 aromatic carbocycles. The lowest BCUT2D eigenvalue weighted by atomic mass is 9.96.